The fraction of sp³-hybridized carbons (Fsp3) is 0.238. The molecule has 1 fully saturated rings. The number of ether oxygens (including phenoxy) is 1. The highest BCUT2D eigenvalue weighted by Gasteiger charge is 2.20. The summed E-state index contributed by atoms with van der Waals surface area (Å²) in [5, 5.41) is 2.96. The van der Waals surface area contributed by atoms with Gasteiger partial charge in [-0.05, 0) is 25.0 Å². The number of nitrogens with zero attached hydrogens (tertiary/aromatic N) is 1. The van der Waals surface area contributed by atoms with Crippen molar-refractivity contribution in [2.75, 3.05) is 13.2 Å². The molecule has 0 aliphatic carbocycles. The molecule has 2 aromatic carbocycles. The third-order valence-electron chi connectivity index (χ3n) is 4.48. The van der Waals surface area contributed by atoms with Crippen molar-refractivity contribution in [3.8, 4) is 22.8 Å². The molecule has 0 unspecified atom stereocenters. The minimum absolute atomic E-state index is 0.109. The molecule has 0 bridgehead atoms. The van der Waals surface area contributed by atoms with Gasteiger partial charge in [0.1, 0.15) is 0 Å². The van der Waals surface area contributed by atoms with Gasteiger partial charge in [0.05, 0.1) is 17.9 Å². The van der Waals surface area contributed by atoms with Crippen LogP contribution in [0.25, 0.3) is 22.8 Å². The molecule has 26 heavy (non-hydrogen) atoms. The Labute approximate surface area is 152 Å². The number of hydrogen-bond donors (Lipinski definition) is 1. The van der Waals surface area contributed by atoms with E-state index >= 15 is 0 Å². The van der Waals surface area contributed by atoms with Gasteiger partial charge in [-0.25, -0.2) is 4.98 Å². The molecule has 0 spiro atoms. The Morgan fingerprint density at radius 3 is 2.73 bits per heavy atom. The SMILES string of the molecule is O=C(NC[C@H]1CCCO1)c1ccccc1-c1ncc(-c2ccccc2)o1. The van der Waals surface area contributed by atoms with E-state index in [4.69, 9.17) is 9.15 Å². The number of carbonyl (C=O) groups excluding carboxylic acids is 1. The Morgan fingerprint density at radius 2 is 1.92 bits per heavy atom. The minimum atomic E-state index is -0.143. The first-order valence-corrected chi connectivity index (χ1v) is 8.82. The van der Waals surface area contributed by atoms with Crippen LogP contribution >= 0.6 is 0 Å². The quantitative estimate of drug-likeness (QED) is 0.759. The lowest BCUT2D eigenvalue weighted by Gasteiger charge is -2.12. The zero-order valence-corrected chi connectivity index (χ0v) is 14.4. The zero-order valence-electron chi connectivity index (χ0n) is 14.4. The van der Waals surface area contributed by atoms with E-state index in [1.165, 1.54) is 0 Å². The Morgan fingerprint density at radius 1 is 1.12 bits per heavy atom. The van der Waals surface area contributed by atoms with Crippen molar-refractivity contribution in [3.63, 3.8) is 0 Å². The third-order valence-corrected chi connectivity index (χ3v) is 4.48. The van der Waals surface area contributed by atoms with Gasteiger partial charge in [-0.3, -0.25) is 4.79 Å². The van der Waals surface area contributed by atoms with Gasteiger partial charge in [0.25, 0.3) is 5.91 Å². The number of amides is 1. The number of hydrogen-bond acceptors (Lipinski definition) is 4. The standard InChI is InChI=1S/C21H20N2O3/c24-20(22-13-16-9-6-12-25-16)17-10-4-5-11-18(17)21-23-14-19(26-21)15-7-2-1-3-8-15/h1-5,7-8,10-11,14,16H,6,9,12-13H2,(H,22,24)/t16-/m1/s1. The van der Waals surface area contributed by atoms with Crippen molar-refractivity contribution in [3.05, 3.63) is 66.4 Å². The topological polar surface area (TPSA) is 64.4 Å². The van der Waals surface area contributed by atoms with Gasteiger partial charge in [0, 0.05) is 24.3 Å². The van der Waals surface area contributed by atoms with Crippen LogP contribution in [-0.2, 0) is 4.74 Å². The largest absolute Gasteiger partial charge is 0.436 e. The van der Waals surface area contributed by atoms with E-state index in [1.807, 2.05) is 48.5 Å². The second-order valence-electron chi connectivity index (χ2n) is 6.29. The molecule has 5 heteroatoms. The van der Waals surface area contributed by atoms with E-state index in [1.54, 1.807) is 12.3 Å². The highest BCUT2D eigenvalue weighted by Crippen LogP contribution is 2.28. The maximum atomic E-state index is 12.6. The molecule has 0 saturated carbocycles. The normalized spacial score (nSPS) is 16.5. The molecule has 3 aromatic rings. The van der Waals surface area contributed by atoms with Crippen LogP contribution in [0.4, 0.5) is 0 Å². The number of nitrogens with one attached hydrogen (secondary N) is 1. The van der Waals surface area contributed by atoms with Crippen molar-refractivity contribution < 1.29 is 13.9 Å². The molecule has 132 valence electrons. The smallest absolute Gasteiger partial charge is 0.252 e. The maximum Gasteiger partial charge on any atom is 0.252 e. The second kappa shape index (κ2) is 7.54. The molecule has 5 nitrogen and oxygen atoms in total. The summed E-state index contributed by atoms with van der Waals surface area (Å²) in [6, 6.07) is 17.1. The summed E-state index contributed by atoms with van der Waals surface area (Å²) < 4.78 is 11.5. The van der Waals surface area contributed by atoms with E-state index in [9.17, 15) is 4.79 Å². The van der Waals surface area contributed by atoms with Gasteiger partial charge in [-0.2, -0.15) is 0 Å². The van der Waals surface area contributed by atoms with Crippen molar-refractivity contribution in [2.24, 2.45) is 0 Å². The van der Waals surface area contributed by atoms with Gasteiger partial charge in [-0.1, -0.05) is 42.5 Å². The summed E-state index contributed by atoms with van der Waals surface area (Å²) in [5.74, 6) is 0.970. The predicted molar refractivity (Wildman–Crippen MR) is 98.7 cm³/mol. The van der Waals surface area contributed by atoms with E-state index in [0.717, 1.165) is 25.0 Å². The van der Waals surface area contributed by atoms with E-state index in [0.29, 0.717) is 29.3 Å². The molecular formula is C21H20N2O3. The zero-order chi connectivity index (χ0) is 17.8. The molecule has 0 radical (unpaired) electrons. The van der Waals surface area contributed by atoms with Crippen LogP contribution in [0.5, 0.6) is 0 Å². The number of rotatable bonds is 5. The predicted octanol–water partition coefficient (Wildman–Crippen LogP) is 3.92. The molecule has 1 amide bonds. The lowest BCUT2D eigenvalue weighted by atomic mass is 10.1. The van der Waals surface area contributed by atoms with Crippen LogP contribution in [0.2, 0.25) is 0 Å². The molecular weight excluding hydrogens is 328 g/mol. The second-order valence-corrected chi connectivity index (χ2v) is 6.29. The summed E-state index contributed by atoms with van der Waals surface area (Å²) in [4.78, 5) is 17.0. The summed E-state index contributed by atoms with van der Waals surface area (Å²) in [5.41, 5.74) is 2.18. The summed E-state index contributed by atoms with van der Waals surface area (Å²) >= 11 is 0. The first-order valence-electron chi connectivity index (χ1n) is 8.82. The molecule has 1 aliphatic heterocycles. The molecule has 1 atom stereocenters. The molecule has 1 aliphatic rings. The third kappa shape index (κ3) is 3.53. The van der Waals surface area contributed by atoms with Crippen molar-refractivity contribution in [1.29, 1.82) is 0 Å². The van der Waals surface area contributed by atoms with Crippen LogP contribution in [0.1, 0.15) is 23.2 Å². The van der Waals surface area contributed by atoms with Crippen molar-refractivity contribution >= 4 is 5.91 Å². The first kappa shape index (κ1) is 16.5. The molecule has 2 heterocycles. The fourth-order valence-corrected chi connectivity index (χ4v) is 3.11. The molecule has 4 rings (SSSR count). The van der Waals surface area contributed by atoms with Crippen molar-refractivity contribution in [2.45, 2.75) is 18.9 Å². The lowest BCUT2D eigenvalue weighted by molar-refractivity contribution is 0.0858. The van der Waals surface area contributed by atoms with Crippen LogP contribution in [0.3, 0.4) is 0 Å². The average molecular weight is 348 g/mol. The van der Waals surface area contributed by atoms with Gasteiger partial charge >= 0.3 is 0 Å². The van der Waals surface area contributed by atoms with Gasteiger partial charge < -0.3 is 14.5 Å². The van der Waals surface area contributed by atoms with E-state index in [2.05, 4.69) is 10.3 Å². The van der Waals surface area contributed by atoms with E-state index in [-0.39, 0.29) is 12.0 Å². The molecule has 1 N–H and O–H groups in total. The summed E-state index contributed by atoms with van der Waals surface area (Å²) in [7, 11) is 0. The molecule has 1 aromatic heterocycles. The molecule has 1 saturated heterocycles. The monoisotopic (exact) mass is 348 g/mol. The Balaban J connectivity index is 1.56. The number of oxazole rings is 1. The number of carbonyl (C=O) groups is 1. The van der Waals surface area contributed by atoms with Crippen molar-refractivity contribution in [1.82, 2.24) is 10.3 Å². The Hall–Kier alpha value is -2.92. The number of benzene rings is 2. The summed E-state index contributed by atoms with van der Waals surface area (Å²) in [6.07, 6.45) is 3.83. The highest BCUT2D eigenvalue weighted by molar-refractivity contribution is 6.00. The number of aromatic nitrogens is 1. The summed E-state index contributed by atoms with van der Waals surface area (Å²) in [6.45, 7) is 1.30. The Bertz CT molecular complexity index is 883. The highest BCUT2D eigenvalue weighted by atomic mass is 16.5. The van der Waals surface area contributed by atoms with Crippen LogP contribution < -0.4 is 5.32 Å². The van der Waals surface area contributed by atoms with E-state index < -0.39 is 0 Å². The van der Waals surface area contributed by atoms with Gasteiger partial charge in [-0.15, -0.1) is 0 Å². The fourth-order valence-electron chi connectivity index (χ4n) is 3.11. The van der Waals surface area contributed by atoms with Crippen LogP contribution in [0.15, 0.2) is 65.2 Å². The first-order chi connectivity index (χ1) is 12.8. The lowest BCUT2D eigenvalue weighted by Crippen LogP contribution is -2.32. The average Bonchev–Trinajstić information content (AvgIpc) is 3.39. The van der Waals surface area contributed by atoms with Crippen LogP contribution in [-0.4, -0.2) is 30.1 Å². The van der Waals surface area contributed by atoms with Crippen LogP contribution in [0, 0.1) is 0 Å². The minimum Gasteiger partial charge on any atom is -0.436 e. The Kier molecular flexibility index (Phi) is 4.80. The van der Waals surface area contributed by atoms with Gasteiger partial charge in [0.15, 0.2) is 5.76 Å². The van der Waals surface area contributed by atoms with Gasteiger partial charge in [0.2, 0.25) is 5.89 Å². The maximum absolute atomic E-state index is 12.6.